The maximum atomic E-state index is 11.2. The third-order valence-electron chi connectivity index (χ3n) is 5.10. The lowest BCUT2D eigenvalue weighted by atomic mass is 9.74. The van der Waals surface area contributed by atoms with Gasteiger partial charge in [0.1, 0.15) is 5.60 Å². The molecule has 0 aromatic heterocycles. The van der Waals surface area contributed by atoms with Gasteiger partial charge in [-0.15, -0.1) is 0 Å². The summed E-state index contributed by atoms with van der Waals surface area (Å²) < 4.78 is 5.33. The maximum absolute atomic E-state index is 11.2. The summed E-state index contributed by atoms with van der Waals surface area (Å²) in [6.45, 7) is 11.3. The molecular weight excluding hydrogens is 352 g/mol. The molecule has 0 radical (unpaired) electrons. The molecule has 1 unspecified atom stereocenters. The molecule has 0 spiro atoms. The van der Waals surface area contributed by atoms with Gasteiger partial charge in [0.05, 0.1) is 5.92 Å². The molecule has 4 nitrogen and oxygen atoms in total. The number of benzene rings is 2. The van der Waals surface area contributed by atoms with Crippen LogP contribution in [0.25, 0.3) is 0 Å². The van der Waals surface area contributed by atoms with Crippen molar-refractivity contribution < 1.29 is 19.4 Å². The van der Waals surface area contributed by atoms with Gasteiger partial charge in [-0.2, -0.15) is 0 Å². The van der Waals surface area contributed by atoms with E-state index < -0.39 is 11.6 Å². The topological polar surface area (TPSA) is 63.6 Å². The lowest BCUT2D eigenvalue weighted by Gasteiger charge is -2.29. The number of aliphatic carboxylic acids is 1. The predicted octanol–water partition coefficient (Wildman–Crippen LogP) is 5.56. The van der Waals surface area contributed by atoms with E-state index in [1.54, 1.807) is 13.8 Å². The van der Waals surface area contributed by atoms with Crippen LogP contribution in [0.2, 0.25) is 0 Å². The van der Waals surface area contributed by atoms with Crippen LogP contribution in [-0.4, -0.2) is 17.0 Å². The van der Waals surface area contributed by atoms with Gasteiger partial charge in [-0.3, -0.25) is 9.59 Å². The third kappa shape index (κ3) is 6.52. The van der Waals surface area contributed by atoms with Gasteiger partial charge in [-0.1, -0.05) is 88.4 Å². The molecule has 0 amide bonds. The van der Waals surface area contributed by atoms with Gasteiger partial charge in [0.2, 0.25) is 0 Å². The fraction of sp³-hybridized carbons (Fsp3) is 0.417. The minimum atomic E-state index is -0.751. The molecule has 0 fully saturated rings. The number of hydrogen-bond acceptors (Lipinski definition) is 3. The second kappa shape index (κ2) is 10.1. The van der Waals surface area contributed by atoms with Crippen LogP contribution >= 0.6 is 0 Å². The highest BCUT2D eigenvalue weighted by molar-refractivity contribution is 5.71. The van der Waals surface area contributed by atoms with E-state index >= 15 is 0 Å². The van der Waals surface area contributed by atoms with Crippen molar-refractivity contribution in [2.45, 2.75) is 59.0 Å². The summed E-state index contributed by atoms with van der Waals surface area (Å²) in [4.78, 5) is 22.1. The van der Waals surface area contributed by atoms with Crippen molar-refractivity contribution in [2.75, 3.05) is 0 Å². The zero-order valence-corrected chi connectivity index (χ0v) is 17.7. The molecule has 0 aliphatic heterocycles. The highest BCUT2D eigenvalue weighted by atomic mass is 16.6. The number of ether oxygens (including phenoxy) is 1. The van der Waals surface area contributed by atoms with E-state index in [1.165, 1.54) is 0 Å². The fourth-order valence-corrected chi connectivity index (χ4v) is 2.68. The summed E-state index contributed by atoms with van der Waals surface area (Å²) in [5.41, 5.74) is 1.22. The van der Waals surface area contributed by atoms with E-state index in [4.69, 9.17) is 9.84 Å². The summed E-state index contributed by atoms with van der Waals surface area (Å²) in [6, 6.07) is 19.5. The Bertz CT molecular complexity index is 747. The van der Waals surface area contributed by atoms with Crippen LogP contribution < -0.4 is 0 Å². The zero-order chi connectivity index (χ0) is 21.4. The van der Waals surface area contributed by atoms with Crippen LogP contribution in [0.5, 0.6) is 0 Å². The Hall–Kier alpha value is -2.62. The second-order valence-corrected chi connectivity index (χ2v) is 7.85. The van der Waals surface area contributed by atoms with Crippen molar-refractivity contribution in [3.05, 3.63) is 71.8 Å². The fourth-order valence-electron chi connectivity index (χ4n) is 2.68. The van der Waals surface area contributed by atoms with Crippen molar-refractivity contribution in [1.82, 2.24) is 0 Å². The molecular formula is C24H32O4. The molecule has 2 rings (SSSR count). The van der Waals surface area contributed by atoms with E-state index in [0.717, 1.165) is 11.1 Å². The molecule has 1 N–H and O–H groups in total. The first kappa shape index (κ1) is 23.4. The molecule has 0 saturated carbocycles. The van der Waals surface area contributed by atoms with Gasteiger partial charge in [-0.25, -0.2) is 0 Å². The predicted molar refractivity (Wildman–Crippen MR) is 112 cm³/mol. The number of esters is 1. The van der Waals surface area contributed by atoms with Gasteiger partial charge in [0.15, 0.2) is 0 Å². The number of carboxylic acids is 1. The molecule has 4 heteroatoms. The van der Waals surface area contributed by atoms with Crippen LogP contribution in [-0.2, 0) is 25.3 Å². The van der Waals surface area contributed by atoms with E-state index in [-0.39, 0.29) is 17.3 Å². The first-order chi connectivity index (χ1) is 13.0. The Morgan fingerprint density at radius 3 is 1.71 bits per heavy atom. The molecule has 2 aromatic rings. The van der Waals surface area contributed by atoms with Crippen molar-refractivity contribution in [3.8, 4) is 0 Å². The van der Waals surface area contributed by atoms with Gasteiger partial charge in [0.25, 0.3) is 0 Å². The van der Waals surface area contributed by atoms with Crippen molar-refractivity contribution >= 4 is 11.9 Å². The minimum Gasteiger partial charge on any atom is -0.481 e. The van der Waals surface area contributed by atoms with Gasteiger partial charge in [-0.05, 0) is 25.0 Å². The van der Waals surface area contributed by atoms with Gasteiger partial charge >= 0.3 is 11.9 Å². The van der Waals surface area contributed by atoms with Crippen LogP contribution in [0, 0.1) is 5.92 Å². The average Bonchev–Trinajstić information content (AvgIpc) is 2.68. The summed E-state index contributed by atoms with van der Waals surface area (Å²) in [6.07, 6.45) is 0.413. The lowest BCUT2D eigenvalue weighted by Crippen LogP contribution is -2.32. The molecule has 152 valence electrons. The summed E-state index contributed by atoms with van der Waals surface area (Å²) in [5.74, 6) is -1.30. The first-order valence-electron chi connectivity index (χ1n) is 9.58. The van der Waals surface area contributed by atoms with Gasteiger partial charge in [0, 0.05) is 11.8 Å². The standard InChI is InChI=1S/2C12H16O2/c1-9(11(13)14)12(2,3)10-7-5-4-6-8-10;1-4-11(13)14-12(2,3)10-8-6-5-7-9-10/h4-9H,1-3H3,(H,13,14);5-9H,4H2,1-3H3. The summed E-state index contributed by atoms with van der Waals surface area (Å²) in [7, 11) is 0. The minimum absolute atomic E-state index is 0.168. The van der Waals surface area contributed by atoms with Crippen LogP contribution in [0.4, 0.5) is 0 Å². The smallest absolute Gasteiger partial charge is 0.307 e. The van der Waals surface area contributed by atoms with Crippen molar-refractivity contribution in [3.63, 3.8) is 0 Å². The number of carbonyl (C=O) groups excluding carboxylic acids is 1. The molecule has 1 atom stereocenters. The SMILES string of the molecule is CC(C(=O)O)C(C)(C)c1ccccc1.CCC(=O)OC(C)(C)c1ccccc1. The van der Waals surface area contributed by atoms with Crippen LogP contribution in [0.1, 0.15) is 59.1 Å². The maximum Gasteiger partial charge on any atom is 0.307 e. The molecule has 0 aliphatic rings. The highest BCUT2D eigenvalue weighted by Crippen LogP contribution is 2.31. The number of hydrogen-bond donors (Lipinski definition) is 1. The van der Waals surface area contributed by atoms with E-state index in [0.29, 0.717) is 6.42 Å². The quantitative estimate of drug-likeness (QED) is 0.662. The zero-order valence-electron chi connectivity index (χ0n) is 17.7. The lowest BCUT2D eigenvalue weighted by molar-refractivity contribution is -0.157. The number of carboxylic acid groups (broad SMARTS) is 1. The Labute approximate surface area is 168 Å². The van der Waals surface area contributed by atoms with E-state index in [2.05, 4.69) is 0 Å². The molecule has 0 bridgehead atoms. The summed E-state index contributed by atoms with van der Waals surface area (Å²) >= 11 is 0. The average molecular weight is 385 g/mol. The second-order valence-electron chi connectivity index (χ2n) is 7.85. The van der Waals surface area contributed by atoms with Crippen molar-refractivity contribution in [1.29, 1.82) is 0 Å². The molecule has 0 heterocycles. The highest BCUT2D eigenvalue weighted by Gasteiger charge is 2.32. The molecule has 2 aromatic carbocycles. The largest absolute Gasteiger partial charge is 0.481 e. The molecule has 28 heavy (non-hydrogen) atoms. The summed E-state index contributed by atoms with van der Waals surface area (Å²) in [5, 5.41) is 8.98. The van der Waals surface area contributed by atoms with Gasteiger partial charge < -0.3 is 9.84 Å². The normalized spacial score (nSPS) is 12.4. The van der Waals surface area contributed by atoms with E-state index in [1.807, 2.05) is 88.4 Å². The monoisotopic (exact) mass is 384 g/mol. The Kier molecular flexibility index (Phi) is 8.42. The van der Waals surface area contributed by atoms with Crippen molar-refractivity contribution in [2.24, 2.45) is 5.92 Å². The first-order valence-corrected chi connectivity index (χ1v) is 9.58. The Balaban J connectivity index is 0.000000280. The Morgan fingerprint density at radius 1 is 0.893 bits per heavy atom. The number of carbonyl (C=O) groups is 2. The van der Waals surface area contributed by atoms with Crippen LogP contribution in [0.15, 0.2) is 60.7 Å². The Morgan fingerprint density at radius 2 is 1.32 bits per heavy atom. The van der Waals surface area contributed by atoms with Crippen LogP contribution in [0.3, 0.4) is 0 Å². The molecule has 0 aliphatic carbocycles. The third-order valence-corrected chi connectivity index (χ3v) is 5.10. The van der Waals surface area contributed by atoms with E-state index in [9.17, 15) is 9.59 Å². The molecule has 0 saturated heterocycles. The number of rotatable bonds is 6.